The SMILES string of the molecule is CC(C)(C)c1c(O)cnc2ccc(Cl)cc12. The van der Waals surface area contributed by atoms with Crippen LogP contribution in [0.2, 0.25) is 5.02 Å². The summed E-state index contributed by atoms with van der Waals surface area (Å²) >= 11 is 5.98. The van der Waals surface area contributed by atoms with Gasteiger partial charge >= 0.3 is 0 Å². The lowest BCUT2D eigenvalue weighted by Crippen LogP contribution is -2.12. The summed E-state index contributed by atoms with van der Waals surface area (Å²) in [5.41, 5.74) is 1.60. The second kappa shape index (κ2) is 3.63. The van der Waals surface area contributed by atoms with Crippen molar-refractivity contribution in [3.63, 3.8) is 0 Å². The fourth-order valence-corrected chi connectivity index (χ4v) is 2.11. The Balaban J connectivity index is 2.88. The van der Waals surface area contributed by atoms with E-state index in [1.54, 1.807) is 6.07 Å². The largest absolute Gasteiger partial charge is 0.506 e. The fourth-order valence-electron chi connectivity index (χ4n) is 1.94. The molecular weight excluding hydrogens is 222 g/mol. The number of halogens is 1. The minimum Gasteiger partial charge on any atom is -0.506 e. The van der Waals surface area contributed by atoms with E-state index in [0.717, 1.165) is 16.5 Å². The molecule has 0 bridgehead atoms. The van der Waals surface area contributed by atoms with Gasteiger partial charge in [-0.3, -0.25) is 4.98 Å². The van der Waals surface area contributed by atoms with E-state index in [1.165, 1.54) is 6.20 Å². The van der Waals surface area contributed by atoms with Crippen molar-refractivity contribution in [2.45, 2.75) is 26.2 Å². The first-order valence-electron chi connectivity index (χ1n) is 5.17. The molecule has 1 heterocycles. The quantitative estimate of drug-likeness (QED) is 0.752. The van der Waals surface area contributed by atoms with Crippen LogP contribution in [-0.2, 0) is 5.41 Å². The number of fused-ring (bicyclic) bond motifs is 1. The molecule has 0 saturated carbocycles. The first-order valence-corrected chi connectivity index (χ1v) is 5.55. The summed E-state index contributed by atoms with van der Waals surface area (Å²) in [4.78, 5) is 4.19. The maximum atomic E-state index is 9.93. The van der Waals surface area contributed by atoms with Crippen LogP contribution in [0.3, 0.4) is 0 Å². The third kappa shape index (κ3) is 1.85. The number of pyridine rings is 1. The zero-order chi connectivity index (χ0) is 11.9. The van der Waals surface area contributed by atoms with Gasteiger partial charge in [-0.25, -0.2) is 0 Å². The molecule has 0 spiro atoms. The molecular formula is C13H14ClNO. The molecule has 0 aliphatic carbocycles. The average Bonchev–Trinajstić information content (AvgIpc) is 2.14. The van der Waals surface area contributed by atoms with Crippen LogP contribution in [0.1, 0.15) is 26.3 Å². The van der Waals surface area contributed by atoms with Gasteiger partial charge in [0.15, 0.2) is 0 Å². The number of aromatic nitrogens is 1. The molecule has 0 aliphatic rings. The second-order valence-corrected chi connectivity index (χ2v) is 5.37. The van der Waals surface area contributed by atoms with Crippen LogP contribution in [0, 0.1) is 0 Å². The van der Waals surface area contributed by atoms with Crippen molar-refractivity contribution in [2.24, 2.45) is 0 Å². The normalized spacial score (nSPS) is 12.0. The Bertz CT molecular complexity index is 538. The molecule has 0 atom stereocenters. The van der Waals surface area contributed by atoms with Gasteiger partial charge in [-0.2, -0.15) is 0 Å². The average molecular weight is 236 g/mol. The molecule has 1 N–H and O–H groups in total. The van der Waals surface area contributed by atoms with Crippen molar-refractivity contribution in [1.29, 1.82) is 0 Å². The predicted molar refractivity (Wildman–Crippen MR) is 67.1 cm³/mol. The van der Waals surface area contributed by atoms with E-state index in [9.17, 15) is 5.11 Å². The first-order chi connectivity index (χ1) is 7.39. The van der Waals surface area contributed by atoms with E-state index in [-0.39, 0.29) is 11.2 Å². The van der Waals surface area contributed by atoms with E-state index >= 15 is 0 Å². The van der Waals surface area contributed by atoms with Crippen molar-refractivity contribution in [1.82, 2.24) is 4.98 Å². The van der Waals surface area contributed by atoms with Crippen molar-refractivity contribution < 1.29 is 5.11 Å². The molecule has 0 unspecified atom stereocenters. The van der Waals surface area contributed by atoms with Crippen LogP contribution in [0.15, 0.2) is 24.4 Å². The van der Waals surface area contributed by atoms with Gasteiger partial charge in [-0.1, -0.05) is 32.4 Å². The zero-order valence-corrected chi connectivity index (χ0v) is 10.3. The predicted octanol–water partition coefficient (Wildman–Crippen LogP) is 3.89. The summed E-state index contributed by atoms with van der Waals surface area (Å²) in [7, 11) is 0. The Labute approximate surface area is 99.9 Å². The van der Waals surface area contributed by atoms with Crippen molar-refractivity contribution in [3.8, 4) is 5.75 Å². The Kier molecular flexibility index (Phi) is 2.55. The van der Waals surface area contributed by atoms with E-state index < -0.39 is 0 Å². The number of rotatable bonds is 0. The molecule has 84 valence electrons. The van der Waals surface area contributed by atoms with Gasteiger partial charge in [0.05, 0.1) is 11.7 Å². The molecule has 1 aromatic carbocycles. The van der Waals surface area contributed by atoms with Gasteiger partial charge in [-0.05, 0) is 23.6 Å². The number of benzene rings is 1. The Morgan fingerprint density at radius 1 is 1.25 bits per heavy atom. The molecule has 2 rings (SSSR count). The topological polar surface area (TPSA) is 33.1 Å². The van der Waals surface area contributed by atoms with Crippen molar-refractivity contribution >= 4 is 22.5 Å². The maximum Gasteiger partial charge on any atom is 0.138 e. The summed E-state index contributed by atoms with van der Waals surface area (Å²) in [6.45, 7) is 6.17. The number of hydrogen-bond donors (Lipinski definition) is 1. The second-order valence-electron chi connectivity index (χ2n) is 4.93. The summed E-state index contributed by atoms with van der Waals surface area (Å²) < 4.78 is 0. The molecule has 3 heteroatoms. The standard InChI is InChI=1S/C13H14ClNO/c1-13(2,3)12-9-6-8(14)4-5-10(9)15-7-11(12)16/h4-7,16H,1-3H3. The number of nitrogens with zero attached hydrogens (tertiary/aromatic N) is 1. The first kappa shape index (κ1) is 11.2. The zero-order valence-electron chi connectivity index (χ0n) is 9.58. The molecule has 16 heavy (non-hydrogen) atoms. The molecule has 0 aliphatic heterocycles. The maximum absolute atomic E-state index is 9.93. The highest BCUT2D eigenvalue weighted by Gasteiger charge is 2.21. The Morgan fingerprint density at radius 3 is 2.56 bits per heavy atom. The van der Waals surface area contributed by atoms with E-state index in [4.69, 9.17) is 11.6 Å². The van der Waals surface area contributed by atoms with Gasteiger partial charge in [0.2, 0.25) is 0 Å². The Hall–Kier alpha value is -1.28. The lowest BCUT2D eigenvalue weighted by atomic mass is 9.84. The Morgan fingerprint density at radius 2 is 1.94 bits per heavy atom. The molecule has 1 aromatic heterocycles. The fraction of sp³-hybridized carbons (Fsp3) is 0.308. The number of hydrogen-bond acceptors (Lipinski definition) is 2. The third-order valence-corrected chi connectivity index (χ3v) is 2.80. The molecule has 0 radical (unpaired) electrons. The summed E-state index contributed by atoms with van der Waals surface area (Å²) in [5, 5.41) is 11.5. The van der Waals surface area contributed by atoms with Crippen LogP contribution in [-0.4, -0.2) is 10.1 Å². The molecule has 0 fully saturated rings. The van der Waals surface area contributed by atoms with Gasteiger partial charge in [0.25, 0.3) is 0 Å². The van der Waals surface area contributed by atoms with Crippen LogP contribution in [0.5, 0.6) is 5.75 Å². The van der Waals surface area contributed by atoms with E-state index in [2.05, 4.69) is 25.8 Å². The molecule has 0 saturated heterocycles. The number of aromatic hydroxyl groups is 1. The van der Waals surface area contributed by atoms with Crippen LogP contribution < -0.4 is 0 Å². The van der Waals surface area contributed by atoms with Crippen molar-refractivity contribution in [2.75, 3.05) is 0 Å². The van der Waals surface area contributed by atoms with Gasteiger partial charge in [-0.15, -0.1) is 0 Å². The lowest BCUT2D eigenvalue weighted by molar-refractivity contribution is 0.447. The molecule has 0 amide bonds. The minimum atomic E-state index is -0.143. The highest BCUT2D eigenvalue weighted by Crippen LogP contribution is 2.36. The van der Waals surface area contributed by atoms with Crippen LogP contribution >= 0.6 is 11.6 Å². The monoisotopic (exact) mass is 235 g/mol. The van der Waals surface area contributed by atoms with Crippen molar-refractivity contribution in [3.05, 3.63) is 35.0 Å². The van der Waals surface area contributed by atoms with Crippen LogP contribution in [0.25, 0.3) is 10.9 Å². The van der Waals surface area contributed by atoms with E-state index in [1.807, 2.05) is 12.1 Å². The summed E-state index contributed by atoms with van der Waals surface area (Å²) in [5.74, 6) is 0.224. The molecule has 2 aromatic rings. The summed E-state index contributed by atoms with van der Waals surface area (Å²) in [6, 6.07) is 5.52. The van der Waals surface area contributed by atoms with Crippen LogP contribution in [0.4, 0.5) is 0 Å². The lowest BCUT2D eigenvalue weighted by Gasteiger charge is -2.22. The summed E-state index contributed by atoms with van der Waals surface area (Å²) in [6.07, 6.45) is 1.50. The van der Waals surface area contributed by atoms with E-state index in [0.29, 0.717) is 5.02 Å². The molecule has 2 nitrogen and oxygen atoms in total. The minimum absolute atomic E-state index is 0.143. The smallest absolute Gasteiger partial charge is 0.138 e. The van der Waals surface area contributed by atoms with Gasteiger partial charge in [0, 0.05) is 16.0 Å². The van der Waals surface area contributed by atoms with Gasteiger partial charge in [0.1, 0.15) is 5.75 Å². The highest BCUT2D eigenvalue weighted by molar-refractivity contribution is 6.31. The third-order valence-electron chi connectivity index (χ3n) is 2.56. The highest BCUT2D eigenvalue weighted by atomic mass is 35.5. The van der Waals surface area contributed by atoms with Gasteiger partial charge < -0.3 is 5.11 Å².